The largest absolute Gasteiger partial charge is 0.489 e. The minimum atomic E-state index is -0.591. The highest BCUT2D eigenvalue weighted by Gasteiger charge is 2.21. The number of aliphatic hydroxyl groups excluding tert-OH is 1. The number of benzene rings is 1. The smallest absolute Gasteiger partial charge is 0.225 e. The molecular weight excluding hydrogens is 363 g/mol. The average molecular weight is 383 g/mol. The van der Waals surface area contributed by atoms with Gasteiger partial charge < -0.3 is 14.7 Å². The van der Waals surface area contributed by atoms with E-state index < -0.39 is 6.10 Å². The number of rotatable bonds is 6. The molecule has 0 saturated carbocycles. The van der Waals surface area contributed by atoms with Gasteiger partial charge in [-0.1, -0.05) is 23.2 Å². The second kappa shape index (κ2) is 8.67. The molecule has 1 atom stereocenters. The highest BCUT2D eigenvalue weighted by atomic mass is 35.5. The van der Waals surface area contributed by atoms with Gasteiger partial charge in [0.25, 0.3) is 0 Å². The van der Waals surface area contributed by atoms with Crippen molar-refractivity contribution >= 4 is 29.2 Å². The first kappa shape index (κ1) is 18.2. The number of halogens is 2. The molecule has 1 saturated heterocycles. The van der Waals surface area contributed by atoms with Crippen LogP contribution in [-0.2, 0) is 0 Å². The van der Waals surface area contributed by atoms with E-state index in [0.29, 0.717) is 22.3 Å². The molecule has 1 aliphatic rings. The van der Waals surface area contributed by atoms with Crippen LogP contribution < -0.4 is 9.64 Å². The normalized spacial score (nSPS) is 16.7. The van der Waals surface area contributed by atoms with E-state index in [4.69, 9.17) is 27.9 Å². The molecule has 1 fully saturated rings. The predicted molar refractivity (Wildman–Crippen MR) is 98.6 cm³/mol. The quantitative estimate of drug-likeness (QED) is 0.827. The van der Waals surface area contributed by atoms with E-state index in [2.05, 4.69) is 19.8 Å². The topological polar surface area (TPSA) is 61.7 Å². The van der Waals surface area contributed by atoms with Gasteiger partial charge in [-0.3, -0.25) is 4.90 Å². The molecule has 1 aliphatic heterocycles. The van der Waals surface area contributed by atoms with E-state index in [1.165, 1.54) is 0 Å². The zero-order valence-electron chi connectivity index (χ0n) is 13.7. The molecule has 25 heavy (non-hydrogen) atoms. The molecule has 134 valence electrons. The maximum absolute atomic E-state index is 10.2. The van der Waals surface area contributed by atoms with Gasteiger partial charge in [0.15, 0.2) is 0 Å². The second-order valence-electron chi connectivity index (χ2n) is 5.88. The number of piperazine rings is 1. The summed E-state index contributed by atoms with van der Waals surface area (Å²) in [4.78, 5) is 12.9. The Bertz CT molecular complexity index is 682. The molecule has 1 aromatic carbocycles. The summed E-state index contributed by atoms with van der Waals surface area (Å²) in [5, 5.41) is 11.2. The first-order chi connectivity index (χ1) is 12.1. The Labute approximate surface area is 157 Å². The fraction of sp³-hybridized carbons (Fsp3) is 0.412. The first-order valence-corrected chi connectivity index (χ1v) is 8.87. The fourth-order valence-electron chi connectivity index (χ4n) is 2.71. The van der Waals surface area contributed by atoms with Gasteiger partial charge in [0.05, 0.1) is 5.02 Å². The van der Waals surface area contributed by atoms with Crippen LogP contribution >= 0.6 is 23.2 Å². The molecule has 1 aromatic heterocycles. The van der Waals surface area contributed by atoms with Crippen molar-refractivity contribution in [2.24, 2.45) is 0 Å². The third-order valence-electron chi connectivity index (χ3n) is 4.00. The summed E-state index contributed by atoms with van der Waals surface area (Å²) in [6.07, 6.45) is 2.90. The summed E-state index contributed by atoms with van der Waals surface area (Å²) >= 11 is 11.9. The maximum Gasteiger partial charge on any atom is 0.225 e. The van der Waals surface area contributed by atoms with Gasteiger partial charge in [0, 0.05) is 50.1 Å². The third kappa shape index (κ3) is 5.19. The number of ether oxygens (including phenoxy) is 1. The number of nitrogens with zero attached hydrogens (tertiary/aromatic N) is 4. The van der Waals surface area contributed by atoms with E-state index >= 15 is 0 Å². The minimum Gasteiger partial charge on any atom is -0.489 e. The molecule has 0 radical (unpaired) electrons. The highest BCUT2D eigenvalue weighted by molar-refractivity contribution is 6.35. The fourth-order valence-corrected chi connectivity index (χ4v) is 3.18. The Balaban J connectivity index is 1.42. The van der Waals surface area contributed by atoms with Crippen molar-refractivity contribution in [1.82, 2.24) is 14.9 Å². The van der Waals surface area contributed by atoms with Crippen molar-refractivity contribution in [3.8, 4) is 5.75 Å². The van der Waals surface area contributed by atoms with Crippen LogP contribution in [0, 0.1) is 0 Å². The number of anilines is 1. The lowest BCUT2D eigenvalue weighted by Gasteiger charge is -2.35. The van der Waals surface area contributed by atoms with Crippen LogP contribution in [0.1, 0.15) is 0 Å². The van der Waals surface area contributed by atoms with E-state index in [0.717, 1.165) is 32.1 Å². The van der Waals surface area contributed by atoms with Crippen LogP contribution in [0.15, 0.2) is 36.7 Å². The standard InChI is InChI=1S/C17H20Cl2N4O2/c18-13-2-3-16(15(19)10-13)25-12-14(24)11-22-6-8-23(9-7-22)17-20-4-1-5-21-17/h1-5,10,14,24H,6-9,11-12H2. The highest BCUT2D eigenvalue weighted by Crippen LogP contribution is 2.27. The molecule has 0 bridgehead atoms. The van der Waals surface area contributed by atoms with Crippen LogP contribution in [-0.4, -0.2) is 65.4 Å². The summed E-state index contributed by atoms with van der Waals surface area (Å²) in [5.74, 6) is 1.28. The van der Waals surface area contributed by atoms with Gasteiger partial charge >= 0.3 is 0 Å². The van der Waals surface area contributed by atoms with E-state index in [9.17, 15) is 5.11 Å². The predicted octanol–water partition coefficient (Wildman–Crippen LogP) is 2.35. The van der Waals surface area contributed by atoms with Crippen LogP contribution in [0.4, 0.5) is 5.95 Å². The molecular formula is C17H20Cl2N4O2. The van der Waals surface area contributed by atoms with Crippen LogP contribution in [0.2, 0.25) is 10.0 Å². The Hall–Kier alpha value is -1.60. The van der Waals surface area contributed by atoms with Crippen molar-refractivity contribution in [2.75, 3.05) is 44.2 Å². The molecule has 0 spiro atoms. The van der Waals surface area contributed by atoms with E-state index in [1.807, 2.05) is 6.07 Å². The van der Waals surface area contributed by atoms with Crippen molar-refractivity contribution in [1.29, 1.82) is 0 Å². The van der Waals surface area contributed by atoms with Crippen molar-refractivity contribution in [3.63, 3.8) is 0 Å². The lowest BCUT2D eigenvalue weighted by Crippen LogP contribution is -2.49. The number of hydrogen-bond donors (Lipinski definition) is 1. The summed E-state index contributed by atoms with van der Waals surface area (Å²) in [5.41, 5.74) is 0. The Morgan fingerprint density at radius 1 is 1.12 bits per heavy atom. The third-order valence-corrected chi connectivity index (χ3v) is 4.53. The van der Waals surface area contributed by atoms with Gasteiger partial charge in [-0.25, -0.2) is 9.97 Å². The number of aromatic nitrogens is 2. The second-order valence-corrected chi connectivity index (χ2v) is 6.72. The SMILES string of the molecule is OC(COc1ccc(Cl)cc1Cl)CN1CCN(c2ncccn2)CC1. The lowest BCUT2D eigenvalue weighted by atomic mass is 10.2. The van der Waals surface area contributed by atoms with Gasteiger partial charge in [0.1, 0.15) is 18.5 Å². The van der Waals surface area contributed by atoms with Crippen molar-refractivity contribution in [2.45, 2.75) is 6.10 Å². The van der Waals surface area contributed by atoms with Gasteiger partial charge in [-0.05, 0) is 24.3 Å². The summed E-state index contributed by atoms with van der Waals surface area (Å²) < 4.78 is 5.59. The van der Waals surface area contributed by atoms with E-state index in [1.54, 1.807) is 30.6 Å². The monoisotopic (exact) mass is 382 g/mol. The zero-order valence-corrected chi connectivity index (χ0v) is 15.2. The van der Waals surface area contributed by atoms with Gasteiger partial charge in [-0.2, -0.15) is 0 Å². The molecule has 1 unspecified atom stereocenters. The van der Waals surface area contributed by atoms with E-state index in [-0.39, 0.29) is 6.61 Å². The molecule has 2 aromatic rings. The van der Waals surface area contributed by atoms with Crippen molar-refractivity contribution < 1.29 is 9.84 Å². The molecule has 8 heteroatoms. The first-order valence-electron chi connectivity index (χ1n) is 8.12. The Kier molecular flexibility index (Phi) is 6.31. The Morgan fingerprint density at radius 2 is 1.84 bits per heavy atom. The summed E-state index contributed by atoms with van der Waals surface area (Å²) in [6, 6.07) is 6.84. The van der Waals surface area contributed by atoms with Gasteiger partial charge in [0.2, 0.25) is 5.95 Å². The molecule has 0 amide bonds. The molecule has 2 heterocycles. The number of β-amino-alcohol motifs (C(OH)–C–C–N with tert-alkyl or cyclic N) is 1. The number of hydrogen-bond acceptors (Lipinski definition) is 6. The van der Waals surface area contributed by atoms with Gasteiger partial charge in [-0.15, -0.1) is 0 Å². The lowest BCUT2D eigenvalue weighted by molar-refractivity contribution is 0.0662. The van der Waals surface area contributed by atoms with Crippen LogP contribution in [0.3, 0.4) is 0 Å². The van der Waals surface area contributed by atoms with Crippen LogP contribution in [0.25, 0.3) is 0 Å². The number of aliphatic hydroxyl groups is 1. The average Bonchev–Trinajstić information content (AvgIpc) is 2.62. The van der Waals surface area contributed by atoms with Crippen molar-refractivity contribution in [3.05, 3.63) is 46.7 Å². The Morgan fingerprint density at radius 3 is 2.52 bits per heavy atom. The molecule has 3 rings (SSSR count). The summed E-state index contributed by atoms with van der Waals surface area (Å²) in [6.45, 7) is 4.09. The minimum absolute atomic E-state index is 0.184. The zero-order chi connectivity index (χ0) is 17.6. The molecule has 6 nitrogen and oxygen atoms in total. The summed E-state index contributed by atoms with van der Waals surface area (Å²) in [7, 11) is 0. The molecule has 1 N–H and O–H groups in total. The van der Waals surface area contributed by atoms with Crippen LogP contribution in [0.5, 0.6) is 5.75 Å². The maximum atomic E-state index is 10.2. The molecule has 0 aliphatic carbocycles.